The first-order valence-corrected chi connectivity index (χ1v) is 17.6. The van der Waals surface area contributed by atoms with E-state index in [2.05, 4.69) is 100 Å². The maximum atomic E-state index is 3.27. The molecule has 0 nitrogen and oxygen atoms in total. The Morgan fingerprint density at radius 2 is 0.941 bits per heavy atom. The molecule has 0 unspecified atom stereocenters. The zero-order chi connectivity index (χ0) is 25.1. The van der Waals surface area contributed by atoms with Crippen LogP contribution in [0.5, 0.6) is 0 Å². The van der Waals surface area contributed by atoms with Crippen LogP contribution >= 0.6 is 0 Å². The molecule has 0 N–H and O–H groups in total. The SMILES string of the molecule is Cc1[c-]ccc2c1Cc1ccccc1-2.Cc1[c-]ccc2c1Cc1ccccc1-2.[CH2-]C.[CH2-]C.[SiH2]=[Zr]. The first-order valence-electron chi connectivity index (χ1n) is 11.7. The third kappa shape index (κ3) is 6.15. The Hall–Kier alpha value is -2.02. The number of hydrogen-bond acceptors (Lipinski definition) is 0. The van der Waals surface area contributed by atoms with Crippen LogP contribution in [0.4, 0.5) is 0 Å². The van der Waals surface area contributed by atoms with E-state index in [1.54, 1.807) is 37.2 Å². The average Bonchev–Trinajstić information content (AvgIpc) is 3.49. The van der Waals surface area contributed by atoms with Crippen LogP contribution in [0.1, 0.15) is 47.2 Å². The molecule has 0 fully saturated rings. The van der Waals surface area contributed by atoms with Gasteiger partial charge in [0, 0.05) is 0 Å². The van der Waals surface area contributed by atoms with Crippen molar-refractivity contribution in [3.8, 4) is 22.3 Å². The van der Waals surface area contributed by atoms with E-state index in [1.807, 2.05) is 19.0 Å². The predicted octanol–water partition coefficient (Wildman–Crippen LogP) is 7.49. The van der Waals surface area contributed by atoms with Gasteiger partial charge in [0.25, 0.3) is 0 Å². The molecule has 0 radical (unpaired) electrons. The van der Waals surface area contributed by atoms with Gasteiger partial charge in [0.1, 0.15) is 0 Å². The number of fused-ring (bicyclic) bond motifs is 6. The van der Waals surface area contributed by atoms with E-state index in [9.17, 15) is 0 Å². The van der Waals surface area contributed by atoms with Crippen LogP contribution in [0.15, 0.2) is 72.8 Å². The second kappa shape index (κ2) is 14.4. The van der Waals surface area contributed by atoms with Crippen molar-refractivity contribution in [1.82, 2.24) is 0 Å². The van der Waals surface area contributed by atoms with Crippen LogP contribution in [-0.4, -0.2) is 6.88 Å². The Bertz CT molecular complexity index is 1110. The van der Waals surface area contributed by atoms with E-state index < -0.39 is 0 Å². The fourth-order valence-electron chi connectivity index (χ4n) is 4.50. The van der Waals surface area contributed by atoms with Crippen molar-refractivity contribution in [3.05, 3.63) is 132 Å². The third-order valence-electron chi connectivity index (χ3n) is 6.00. The monoisotopic (exact) mass is 536 g/mol. The van der Waals surface area contributed by atoms with E-state index in [1.165, 1.54) is 55.6 Å². The van der Waals surface area contributed by atoms with E-state index in [0.717, 1.165) is 12.8 Å². The molecule has 0 saturated carbocycles. The molecule has 4 aromatic carbocycles. The van der Waals surface area contributed by atoms with Crippen LogP contribution in [0.2, 0.25) is 0 Å². The van der Waals surface area contributed by atoms with Crippen molar-refractivity contribution in [2.24, 2.45) is 0 Å². The fourth-order valence-corrected chi connectivity index (χ4v) is 4.50. The first kappa shape index (κ1) is 28.2. The number of hydrogen-bond donors (Lipinski definition) is 0. The van der Waals surface area contributed by atoms with Gasteiger partial charge in [-0.2, -0.15) is 61.4 Å². The topological polar surface area (TPSA) is 0 Å². The summed E-state index contributed by atoms with van der Waals surface area (Å²) in [5.74, 6) is 0. The van der Waals surface area contributed by atoms with Crippen LogP contribution in [0.25, 0.3) is 22.3 Å². The molecule has 0 bridgehead atoms. The number of aryl methyl sites for hydroxylation is 2. The van der Waals surface area contributed by atoms with Crippen LogP contribution in [-0.2, 0) is 36.2 Å². The zero-order valence-corrected chi connectivity index (χ0v) is 24.8. The van der Waals surface area contributed by atoms with Crippen LogP contribution in [0, 0.1) is 39.8 Å². The Kier molecular flexibility index (Phi) is 11.9. The molecule has 0 atom stereocenters. The molecule has 0 heterocycles. The van der Waals surface area contributed by atoms with Gasteiger partial charge in [-0.15, -0.1) is 22.3 Å². The summed E-state index contributed by atoms with van der Waals surface area (Å²) in [5, 5.41) is 0. The Morgan fingerprint density at radius 1 is 0.588 bits per heavy atom. The van der Waals surface area contributed by atoms with Crippen molar-refractivity contribution >= 4 is 6.88 Å². The zero-order valence-electron chi connectivity index (χ0n) is 21.0. The normalized spacial score (nSPS) is 10.6. The van der Waals surface area contributed by atoms with Crippen molar-refractivity contribution in [1.29, 1.82) is 0 Å². The van der Waals surface area contributed by atoms with E-state index in [-0.39, 0.29) is 0 Å². The molecule has 0 saturated heterocycles. The Morgan fingerprint density at radius 3 is 1.32 bits per heavy atom. The first-order chi connectivity index (χ1) is 16.7. The van der Waals surface area contributed by atoms with E-state index in [0.29, 0.717) is 0 Å². The molecule has 0 amide bonds. The molecule has 0 aliphatic heterocycles. The van der Waals surface area contributed by atoms with Gasteiger partial charge in [-0.3, -0.25) is 0 Å². The molecular formula is C32H34SiZr-4. The van der Waals surface area contributed by atoms with Crippen molar-refractivity contribution in [2.45, 2.75) is 40.5 Å². The van der Waals surface area contributed by atoms with Crippen molar-refractivity contribution in [2.75, 3.05) is 0 Å². The van der Waals surface area contributed by atoms with Gasteiger partial charge >= 0.3 is 30.2 Å². The summed E-state index contributed by atoms with van der Waals surface area (Å²) in [6, 6.07) is 32.2. The minimum absolute atomic E-state index is 1.08. The summed E-state index contributed by atoms with van der Waals surface area (Å²) in [5.41, 5.74) is 14.0. The summed E-state index contributed by atoms with van der Waals surface area (Å²) in [6.07, 6.45) is 2.16. The Balaban J connectivity index is 0.000000198. The molecule has 6 rings (SSSR count). The van der Waals surface area contributed by atoms with Crippen LogP contribution in [0.3, 0.4) is 0 Å². The second-order valence-corrected chi connectivity index (χ2v) is 7.66. The summed E-state index contributed by atoms with van der Waals surface area (Å²) in [6.45, 7) is 16.2. The quantitative estimate of drug-likeness (QED) is 0.139. The summed E-state index contributed by atoms with van der Waals surface area (Å²) in [7, 11) is 0. The van der Waals surface area contributed by atoms with E-state index in [4.69, 9.17) is 0 Å². The summed E-state index contributed by atoms with van der Waals surface area (Å²) >= 11 is 1.58. The molecule has 4 aromatic rings. The number of benzene rings is 4. The van der Waals surface area contributed by atoms with Crippen LogP contribution < -0.4 is 0 Å². The Labute approximate surface area is 224 Å². The molecular weight excluding hydrogens is 504 g/mol. The van der Waals surface area contributed by atoms with Crippen molar-refractivity contribution in [3.63, 3.8) is 0 Å². The summed E-state index contributed by atoms with van der Waals surface area (Å²) < 4.78 is 0. The van der Waals surface area contributed by atoms with E-state index >= 15 is 0 Å². The molecule has 2 heteroatoms. The maximum absolute atomic E-state index is 3.27. The van der Waals surface area contributed by atoms with Gasteiger partial charge in [-0.1, -0.05) is 62.4 Å². The van der Waals surface area contributed by atoms with Gasteiger partial charge < -0.3 is 13.8 Å². The van der Waals surface area contributed by atoms with Gasteiger partial charge in [-0.25, -0.2) is 0 Å². The van der Waals surface area contributed by atoms with Gasteiger partial charge in [0.15, 0.2) is 0 Å². The predicted molar refractivity (Wildman–Crippen MR) is 147 cm³/mol. The average molecular weight is 538 g/mol. The second-order valence-electron chi connectivity index (χ2n) is 7.66. The molecule has 0 spiro atoms. The fraction of sp³-hybridized carbons (Fsp3) is 0.188. The van der Waals surface area contributed by atoms with Gasteiger partial charge in [0.05, 0.1) is 0 Å². The van der Waals surface area contributed by atoms with Crippen molar-refractivity contribution < 1.29 is 23.3 Å². The summed E-state index contributed by atoms with van der Waals surface area (Å²) in [4.78, 5) is 0. The van der Waals surface area contributed by atoms with Gasteiger partial charge in [0.2, 0.25) is 0 Å². The molecule has 2 aliphatic carbocycles. The molecule has 34 heavy (non-hydrogen) atoms. The molecule has 0 aromatic heterocycles. The standard InChI is InChI=1S/2C14H11.2C2H5.H2Si.Zr/c2*1-10-5-4-8-13-12-7-3-2-6-11(12)9-14(10)13;2*1-2;;/h2*2-4,6-8H,9H2,1H3;2*1H2,2H3;1H2;/q4*-1;;. The molecule has 174 valence electrons. The number of rotatable bonds is 0. The minimum atomic E-state index is 1.08. The molecule has 2 aliphatic rings. The third-order valence-corrected chi connectivity index (χ3v) is 6.00. The van der Waals surface area contributed by atoms with Gasteiger partial charge in [-0.05, 0) is 35.1 Å².